The number of oxime groups is 1. The number of nitrogens with zero attached hydrogens (tertiary/aromatic N) is 3. The van der Waals surface area contributed by atoms with Crippen LogP contribution in [0, 0.1) is 12.7 Å². The molecule has 31 heavy (non-hydrogen) atoms. The molecule has 9 heteroatoms. The van der Waals surface area contributed by atoms with E-state index in [1.165, 1.54) is 12.1 Å². The zero-order valence-electron chi connectivity index (χ0n) is 16.9. The number of anilines is 1. The van der Waals surface area contributed by atoms with Gasteiger partial charge in [-0.2, -0.15) is 5.10 Å². The van der Waals surface area contributed by atoms with Gasteiger partial charge in [0.1, 0.15) is 11.6 Å². The van der Waals surface area contributed by atoms with Crippen molar-refractivity contribution in [3.05, 3.63) is 76.2 Å². The van der Waals surface area contributed by atoms with Gasteiger partial charge in [0.15, 0.2) is 5.82 Å². The van der Waals surface area contributed by atoms with E-state index in [1.807, 2.05) is 31.2 Å². The summed E-state index contributed by atoms with van der Waals surface area (Å²) in [5.74, 6) is 0.304. The monoisotopic (exact) mass is 442 g/mol. The fourth-order valence-electron chi connectivity index (χ4n) is 3.31. The maximum atomic E-state index is 13.3. The van der Waals surface area contributed by atoms with Gasteiger partial charge in [-0.05, 0) is 36.8 Å². The summed E-state index contributed by atoms with van der Waals surface area (Å²) < 4.78 is 20.3. The van der Waals surface area contributed by atoms with Crippen LogP contribution in [0.25, 0.3) is 0 Å². The number of aryl methyl sites for hydroxylation is 1. The number of halogens is 2. The molecule has 7 nitrogen and oxygen atoms in total. The summed E-state index contributed by atoms with van der Waals surface area (Å²) in [6.45, 7) is 2.21. The Bertz CT molecular complexity index is 1160. The first-order chi connectivity index (χ1) is 14.9. The summed E-state index contributed by atoms with van der Waals surface area (Å²) in [5, 5.41) is 11.5. The highest BCUT2D eigenvalue weighted by Gasteiger charge is 2.30. The molecule has 1 aliphatic rings. The summed E-state index contributed by atoms with van der Waals surface area (Å²) >= 11 is 6.11. The summed E-state index contributed by atoms with van der Waals surface area (Å²) in [5.41, 5.74) is 2.97. The van der Waals surface area contributed by atoms with Gasteiger partial charge < -0.3 is 14.9 Å². The van der Waals surface area contributed by atoms with Crippen LogP contribution >= 0.6 is 11.6 Å². The van der Waals surface area contributed by atoms with Crippen LogP contribution in [0.3, 0.4) is 0 Å². The van der Waals surface area contributed by atoms with Gasteiger partial charge in [0.2, 0.25) is 6.10 Å². The number of hydrogen-bond acceptors (Lipinski definition) is 5. The predicted molar refractivity (Wildman–Crippen MR) is 115 cm³/mol. The summed E-state index contributed by atoms with van der Waals surface area (Å²) in [6.07, 6.45) is -0.450. The number of ether oxygens (including phenoxy) is 1. The summed E-state index contributed by atoms with van der Waals surface area (Å²) in [4.78, 5) is 18.0. The number of hydrogen-bond donors (Lipinski definition) is 1. The third-order valence-corrected chi connectivity index (χ3v) is 5.30. The summed E-state index contributed by atoms with van der Waals surface area (Å²) in [6, 6.07) is 13.4. The highest BCUT2D eigenvalue weighted by atomic mass is 35.5. The lowest BCUT2D eigenvalue weighted by molar-refractivity contribution is -0.125. The Morgan fingerprint density at radius 1 is 1.32 bits per heavy atom. The molecule has 0 saturated heterocycles. The molecule has 1 aromatic heterocycles. The largest absolute Gasteiger partial charge is 0.496 e. The molecule has 1 aliphatic heterocycles. The normalized spacial score (nSPS) is 15.4. The van der Waals surface area contributed by atoms with Crippen molar-refractivity contribution in [2.45, 2.75) is 26.0 Å². The Morgan fingerprint density at radius 3 is 2.90 bits per heavy atom. The van der Waals surface area contributed by atoms with Gasteiger partial charge >= 0.3 is 0 Å². The van der Waals surface area contributed by atoms with Crippen LogP contribution in [-0.4, -0.2) is 34.6 Å². The lowest BCUT2D eigenvalue weighted by atomic mass is 10.0. The molecule has 0 spiro atoms. The second kappa shape index (κ2) is 8.77. The van der Waals surface area contributed by atoms with E-state index in [1.54, 1.807) is 23.9 Å². The molecule has 0 aliphatic carbocycles. The highest BCUT2D eigenvalue weighted by Crippen LogP contribution is 2.25. The van der Waals surface area contributed by atoms with Crippen molar-refractivity contribution in [3.63, 3.8) is 0 Å². The molecule has 4 rings (SSSR count). The van der Waals surface area contributed by atoms with E-state index >= 15 is 0 Å². The topological polar surface area (TPSA) is 77.7 Å². The van der Waals surface area contributed by atoms with E-state index in [0.29, 0.717) is 35.3 Å². The fraction of sp³-hybridized carbons (Fsp3) is 0.227. The number of nitrogens with one attached hydrogen (secondary N) is 1. The molecule has 0 radical (unpaired) electrons. The van der Waals surface area contributed by atoms with Crippen molar-refractivity contribution in [1.82, 2.24) is 9.78 Å². The Hall–Kier alpha value is -3.39. The molecule has 1 amide bonds. The number of aromatic nitrogens is 2. The zero-order chi connectivity index (χ0) is 22.0. The van der Waals surface area contributed by atoms with Crippen molar-refractivity contribution in [2.24, 2.45) is 5.16 Å². The number of carbonyl (C=O) groups excluding carboxylic acids is 1. The van der Waals surface area contributed by atoms with Crippen LogP contribution < -0.4 is 10.1 Å². The molecular weight excluding hydrogens is 423 g/mol. The number of rotatable bonds is 6. The van der Waals surface area contributed by atoms with E-state index < -0.39 is 11.9 Å². The lowest BCUT2D eigenvalue weighted by Gasteiger charge is -2.09. The van der Waals surface area contributed by atoms with Gasteiger partial charge in [-0.1, -0.05) is 35.0 Å². The number of carbonyl (C=O) groups is 1. The maximum absolute atomic E-state index is 13.3. The number of benzene rings is 2. The molecule has 1 unspecified atom stereocenters. The van der Waals surface area contributed by atoms with Crippen LogP contribution in [0.2, 0.25) is 5.02 Å². The van der Waals surface area contributed by atoms with Gasteiger partial charge in [0.05, 0.1) is 19.4 Å². The molecule has 2 heterocycles. The third kappa shape index (κ3) is 4.54. The minimum atomic E-state index is -0.767. The van der Waals surface area contributed by atoms with Gasteiger partial charge in [0.25, 0.3) is 5.91 Å². The van der Waals surface area contributed by atoms with Gasteiger partial charge in [-0.3, -0.25) is 9.48 Å². The average Bonchev–Trinajstić information content (AvgIpc) is 3.37. The standard InChI is InChI=1S/C22H20ClFN4O3/c1-13-9-21(26-28(13)12-14-7-8-15(24)10-17(14)23)25-22(29)20-11-18(27-31-20)16-5-3-4-6-19(16)30-2/h3-10,20H,11-12H2,1-2H3,(H,25,26,29). The van der Waals surface area contributed by atoms with Crippen molar-refractivity contribution in [2.75, 3.05) is 12.4 Å². The first-order valence-electron chi connectivity index (χ1n) is 9.60. The lowest BCUT2D eigenvalue weighted by Crippen LogP contribution is -2.28. The molecule has 2 aromatic carbocycles. The van der Waals surface area contributed by atoms with Crippen molar-refractivity contribution in [3.8, 4) is 5.75 Å². The first-order valence-corrected chi connectivity index (χ1v) is 9.97. The Morgan fingerprint density at radius 2 is 2.13 bits per heavy atom. The fourth-order valence-corrected chi connectivity index (χ4v) is 3.54. The maximum Gasteiger partial charge on any atom is 0.269 e. The van der Waals surface area contributed by atoms with E-state index in [2.05, 4.69) is 15.6 Å². The Balaban J connectivity index is 1.41. The van der Waals surface area contributed by atoms with E-state index in [9.17, 15) is 9.18 Å². The van der Waals surface area contributed by atoms with E-state index in [4.69, 9.17) is 21.2 Å². The summed E-state index contributed by atoms with van der Waals surface area (Å²) in [7, 11) is 1.58. The van der Waals surface area contributed by atoms with Crippen molar-refractivity contribution < 1.29 is 18.8 Å². The second-order valence-electron chi connectivity index (χ2n) is 7.09. The first kappa shape index (κ1) is 20.9. The van der Waals surface area contributed by atoms with E-state index in [0.717, 1.165) is 16.8 Å². The molecule has 3 aromatic rings. The average molecular weight is 443 g/mol. The molecule has 0 fully saturated rings. The van der Waals surface area contributed by atoms with Crippen LogP contribution in [0.5, 0.6) is 5.75 Å². The number of methoxy groups -OCH3 is 1. The second-order valence-corrected chi connectivity index (χ2v) is 7.50. The quantitative estimate of drug-likeness (QED) is 0.621. The number of amides is 1. The molecule has 1 atom stereocenters. The molecule has 160 valence electrons. The van der Waals surface area contributed by atoms with Crippen molar-refractivity contribution >= 4 is 29.0 Å². The molecule has 0 bridgehead atoms. The third-order valence-electron chi connectivity index (χ3n) is 4.95. The van der Waals surface area contributed by atoms with Crippen LogP contribution in [0.1, 0.15) is 23.2 Å². The SMILES string of the molecule is COc1ccccc1C1=NOC(C(=O)Nc2cc(C)n(Cc3ccc(F)cc3Cl)n2)C1. The van der Waals surface area contributed by atoms with Crippen LogP contribution in [-0.2, 0) is 16.2 Å². The van der Waals surface area contributed by atoms with E-state index in [-0.39, 0.29) is 5.91 Å². The van der Waals surface area contributed by atoms with Crippen LogP contribution in [0.15, 0.2) is 53.7 Å². The minimum Gasteiger partial charge on any atom is -0.496 e. The molecule has 0 saturated carbocycles. The molecule has 1 N–H and O–H groups in total. The predicted octanol–water partition coefficient (Wildman–Crippen LogP) is 4.17. The van der Waals surface area contributed by atoms with Crippen LogP contribution in [0.4, 0.5) is 10.2 Å². The molecular formula is C22H20ClFN4O3. The Labute approximate surface area is 183 Å². The van der Waals surface area contributed by atoms with Gasteiger partial charge in [-0.15, -0.1) is 0 Å². The number of para-hydroxylation sites is 1. The van der Waals surface area contributed by atoms with Gasteiger partial charge in [0, 0.05) is 28.8 Å². The van der Waals surface area contributed by atoms with Crippen molar-refractivity contribution in [1.29, 1.82) is 0 Å². The Kier molecular flexibility index (Phi) is 5.90. The minimum absolute atomic E-state index is 0.317. The smallest absolute Gasteiger partial charge is 0.269 e. The zero-order valence-corrected chi connectivity index (χ0v) is 17.7. The highest BCUT2D eigenvalue weighted by molar-refractivity contribution is 6.31. The van der Waals surface area contributed by atoms with Gasteiger partial charge in [-0.25, -0.2) is 4.39 Å².